The molecule has 38 heavy (non-hydrogen) atoms. The number of hydrogen-bond donors (Lipinski definition) is 0. The molecule has 0 bridgehead atoms. The number of piperazine rings is 2. The van der Waals surface area contributed by atoms with Crippen molar-refractivity contribution in [2.45, 2.75) is 19.0 Å². The molecule has 2 aromatic carbocycles. The summed E-state index contributed by atoms with van der Waals surface area (Å²) in [6.45, 7) is 9.64. The van der Waals surface area contributed by atoms with Crippen molar-refractivity contribution in [2.24, 2.45) is 0 Å². The maximum absolute atomic E-state index is 12.7. The van der Waals surface area contributed by atoms with Gasteiger partial charge in [-0.25, -0.2) is 0 Å². The highest BCUT2D eigenvalue weighted by Gasteiger charge is 2.31. The molecule has 4 rings (SSSR count). The van der Waals surface area contributed by atoms with Gasteiger partial charge in [0.15, 0.2) is 0 Å². The predicted octanol–water partition coefficient (Wildman–Crippen LogP) is 5.90. The van der Waals surface area contributed by atoms with Gasteiger partial charge in [0.05, 0.1) is 18.4 Å². The molecular weight excluding hydrogens is 536 g/mol. The van der Waals surface area contributed by atoms with Gasteiger partial charge in [-0.3, -0.25) is 9.80 Å². The molecule has 0 unspecified atom stereocenters. The molecule has 0 spiro atoms. The normalized spacial score (nSPS) is 17.2. The molecule has 2 heterocycles. The van der Waals surface area contributed by atoms with Crippen molar-refractivity contribution >= 4 is 34.6 Å². The summed E-state index contributed by atoms with van der Waals surface area (Å²) < 4.78 is 43.5. The number of para-hydroxylation sites is 2. The molecule has 0 saturated carbocycles. The largest absolute Gasteiger partial charge is 0.495 e. The quantitative estimate of drug-likeness (QED) is 0.347. The zero-order valence-corrected chi connectivity index (χ0v) is 23.6. The van der Waals surface area contributed by atoms with Crippen molar-refractivity contribution in [1.82, 2.24) is 9.80 Å². The van der Waals surface area contributed by atoms with E-state index in [4.69, 9.17) is 27.9 Å². The Morgan fingerprint density at radius 1 is 0.737 bits per heavy atom. The molecule has 2 aliphatic rings. The Morgan fingerprint density at radius 2 is 1.29 bits per heavy atom. The van der Waals surface area contributed by atoms with Gasteiger partial charge in [-0.15, -0.1) is 23.2 Å². The smallest absolute Gasteiger partial charge is 0.416 e. The van der Waals surface area contributed by atoms with Crippen molar-refractivity contribution in [3.63, 3.8) is 0 Å². The van der Waals surface area contributed by atoms with Crippen LogP contribution >= 0.6 is 23.2 Å². The molecule has 10 heteroatoms. The molecular formula is C28H39Cl2F3N4O. The van der Waals surface area contributed by atoms with Gasteiger partial charge in [0.25, 0.3) is 0 Å². The summed E-state index contributed by atoms with van der Waals surface area (Å²) in [4.78, 5) is 9.18. The predicted molar refractivity (Wildman–Crippen MR) is 152 cm³/mol. The number of halogens is 5. The Hall–Kier alpha value is -1.87. The summed E-state index contributed by atoms with van der Waals surface area (Å²) in [7, 11) is 1.73. The number of methoxy groups -OCH3 is 1. The van der Waals surface area contributed by atoms with Crippen LogP contribution in [0.4, 0.5) is 24.5 Å². The minimum atomic E-state index is -4.28. The van der Waals surface area contributed by atoms with Crippen LogP contribution in [0.15, 0.2) is 48.5 Å². The van der Waals surface area contributed by atoms with Gasteiger partial charge in [-0.05, 0) is 56.3 Å². The van der Waals surface area contributed by atoms with Gasteiger partial charge in [-0.1, -0.05) is 18.2 Å². The van der Waals surface area contributed by atoms with Gasteiger partial charge in [0.1, 0.15) is 5.75 Å². The van der Waals surface area contributed by atoms with E-state index >= 15 is 0 Å². The summed E-state index contributed by atoms with van der Waals surface area (Å²) in [5.41, 5.74) is 1.27. The highest BCUT2D eigenvalue weighted by molar-refractivity contribution is 6.18. The number of alkyl halides is 5. The average molecular weight is 576 g/mol. The molecule has 0 aromatic heterocycles. The van der Waals surface area contributed by atoms with Crippen LogP contribution in [0.3, 0.4) is 0 Å². The van der Waals surface area contributed by atoms with Gasteiger partial charge >= 0.3 is 6.18 Å². The van der Waals surface area contributed by atoms with Crippen LogP contribution in [0.25, 0.3) is 0 Å². The topological polar surface area (TPSA) is 22.2 Å². The molecule has 0 N–H and O–H groups in total. The van der Waals surface area contributed by atoms with Crippen molar-refractivity contribution in [2.75, 3.05) is 94.1 Å². The Balaban J connectivity index is 0.000000212. The second-order valence-electron chi connectivity index (χ2n) is 9.46. The van der Waals surface area contributed by atoms with E-state index in [0.29, 0.717) is 11.6 Å². The molecule has 0 atom stereocenters. The zero-order chi connectivity index (χ0) is 27.4. The Bertz CT molecular complexity index is 950. The van der Waals surface area contributed by atoms with Crippen LogP contribution in [0.5, 0.6) is 5.75 Å². The van der Waals surface area contributed by atoms with Crippen LogP contribution < -0.4 is 14.5 Å². The van der Waals surface area contributed by atoms with Crippen LogP contribution in [0.1, 0.15) is 18.4 Å². The van der Waals surface area contributed by atoms with Crippen LogP contribution in [0, 0.1) is 0 Å². The standard InChI is InChI=1S/C14H18ClF3N2.C14H21ClN2O/c15-5-2-6-19-7-9-20(10-8-19)13-4-1-3-12(11-13)14(16,17)18;1-18-14-6-3-2-5-13(14)17-11-9-16(10-12-17)8-4-7-15/h1,3-4,11H,2,5-10H2;2-3,5-6H,4,7-12H2,1H3. The first-order valence-electron chi connectivity index (χ1n) is 13.2. The molecule has 2 fully saturated rings. The van der Waals surface area contributed by atoms with Crippen molar-refractivity contribution in [3.05, 3.63) is 54.1 Å². The lowest BCUT2D eigenvalue weighted by molar-refractivity contribution is -0.137. The van der Waals surface area contributed by atoms with Gasteiger partial charge in [0.2, 0.25) is 0 Å². The Labute approximate surface area is 235 Å². The van der Waals surface area contributed by atoms with E-state index in [2.05, 4.69) is 26.8 Å². The van der Waals surface area contributed by atoms with E-state index in [0.717, 1.165) is 96.0 Å². The second-order valence-corrected chi connectivity index (χ2v) is 10.2. The van der Waals surface area contributed by atoms with Crippen molar-refractivity contribution < 1.29 is 17.9 Å². The lowest BCUT2D eigenvalue weighted by Crippen LogP contribution is -2.46. The third-order valence-corrected chi connectivity index (χ3v) is 7.46. The van der Waals surface area contributed by atoms with Gasteiger partial charge in [0, 0.05) is 69.8 Å². The second kappa shape index (κ2) is 15.7. The van der Waals surface area contributed by atoms with E-state index < -0.39 is 11.7 Å². The lowest BCUT2D eigenvalue weighted by atomic mass is 10.1. The number of ether oxygens (including phenoxy) is 1. The highest BCUT2D eigenvalue weighted by Crippen LogP contribution is 2.32. The van der Waals surface area contributed by atoms with Crippen LogP contribution in [-0.2, 0) is 6.18 Å². The van der Waals surface area contributed by atoms with E-state index in [1.165, 1.54) is 17.8 Å². The number of hydrogen-bond acceptors (Lipinski definition) is 5. The molecule has 0 radical (unpaired) electrons. The third kappa shape index (κ3) is 9.40. The lowest BCUT2D eigenvalue weighted by Gasteiger charge is -2.36. The monoisotopic (exact) mass is 574 g/mol. The highest BCUT2D eigenvalue weighted by atomic mass is 35.5. The molecule has 2 aromatic rings. The maximum Gasteiger partial charge on any atom is 0.416 e. The van der Waals surface area contributed by atoms with Crippen molar-refractivity contribution in [1.29, 1.82) is 0 Å². The van der Waals surface area contributed by atoms with Gasteiger partial charge in [-0.2, -0.15) is 13.2 Å². The average Bonchev–Trinajstić information content (AvgIpc) is 2.95. The Kier molecular flexibility index (Phi) is 12.6. The molecule has 5 nitrogen and oxygen atoms in total. The summed E-state index contributed by atoms with van der Waals surface area (Å²) >= 11 is 11.4. The van der Waals surface area contributed by atoms with Gasteiger partial charge < -0.3 is 14.5 Å². The first kappa shape index (κ1) is 30.7. The first-order valence-corrected chi connectivity index (χ1v) is 14.3. The number of benzene rings is 2. The van der Waals surface area contributed by atoms with Crippen molar-refractivity contribution in [3.8, 4) is 5.75 Å². The minimum Gasteiger partial charge on any atom is -0.495 e. The number of nitrogens with zero attached hydrogens (tertiary/aromatic N) is 4. The third-order valence-electron chi connectivity index (χ3n) is 6.93. The maximum atomic E-state index is 12.7. The zero-order valence-electron chi connectivity index (χ0n) is 22.1. The van der Waals surface area contributed by atoms with Crippen LogP contribution in [-0.4, -0.2) is 94.1 Å². The fourth-order valence-electron chi connectivity index (χ4n) is 4.78. The van der Waals surface area contributed by atoms with E-state index in [1.54, 1.807) is 13.2 Å². The SMILES string of the molecule is COc1ccccc1N1CCN(CCCCl)CC1.FC(F)(F)c1cccc(N2CCN(CCCCl)CC2)c1. The Morgan fingerprint density at radius 3 is 1.82 bits per heavy atom. The first-order chi connectivity index (χ1) is 18.4. The molecule has 0 amide bonds. The molecule has 2 saturated heterocycles. The number of anilines is 2. The van der Waals surface area contributed by atoms with E-state index in [1.807, 2.05) is 17.0 Å². The molecule has 212 valence electrons. The fourth-order valence-corrected chi connectivity index (χ4v) is 5.02. The fraction of sp³-hybridized carbons (Fsp3) is 0.571. The summed E-state index contributed by atoms with van der Waals surface area (Å²) in [5.74, 6) is 2.37. The summed E-state index contributed by atoms with van der Waals surface area (Å²) in [6.07, 6.45) is -2.25. The molecule has 2 aliphatic heterocycles. The van der Waals surface area contributed by atoms with E-state index in [9.17, 15) is 13.2 Å². The van der Waals surface area contributed by atoms with Crippen LogP contribution in [0.2, 0.25) is 0 Å². The number of rotatable bonds is 9. The summed E-state index contributed by atoms with van der Waals surface area (Å²) in [5, 5.41) is 0. The minimum absolute atomic E-state index is 0.584. The van der Waals surface area contributed by atoms with E-state index in [-0.39, 0.29) is 0 Å². The summed E-state index contributed by atoms with van der Waals surface area (Å²) in [6, 6.07) is 13.8. The molecule has 0 aliphatic carbocycles.